The van der Waals surface area contributed by atoms with E-state index in [0.717, 1.165) is 19.3 Å². The van der Waals surface area contributed by atoms with Crippen molar-refractivity contribution < 1.29 is 14.3 Å². The van der Waals surface area contributed by atoms with Gasteiger partial charge in [0.1, 0.15) is 5.60 Å². The maximum atomic E-state index is 11.5. The molecule has 2 amide bonds. The summed E-state index contributed by atoms with van der Waals surface area (Å²) < 4.78 is 5.15. The number of amides is 2. The highest BCUT2D eigenvalue weighted by Gasteiger charge is 2.28. The molecule has 1 aliphatic rings. The monoisotopic (exact) mass is 469 g/mol. The smallest absolute Gasteiger partial charge is 0.407 e. The van der Waals surface area contributed by atoms with Crippen LogP contribution in [0.2, 0.25) is 0 Å². The molecule has 1 saturated carbocycles. The fraction of sp³-hybridized carbons (Fsp3) is 0.812. The van der Waals surface area contributed by atoms with E-state index in [4.69, 9.17) is 4.74 Å². The molecule has 0 bridgehead atoms. The van der Waals surface area contributed by atoms with E-state index in [1.54, 1.807) is 7.05 Å². The third-order valence-corrected chi connectivity index (χ3v) is 3.20. The zero-order valence-corrected chi connectivity index (χ0v) is 17.9. The first-order valence-corrected chi connectivity index (χ1v) is 8.51. The Hall–Kier alpha value is -1.26. The van der Waals surface area contributed by atoms with E-state index >= 15 is 0 Å². The Morgan fingerprint density at radius 2 is 1.56 bits per heavy atom. The van der Waals surface area contributed by atoms with Crippen molar-refractivity contribution in [3.63, 3.8) is 0 Å². The van der Waals surface area contributed by atoms with E-state index in [9.17, 15) is 9.59 Å². The second kappa shape index (κ2) is 12.2. The molecule has 0 unspecified atom stereocenters. The predicted molar refractivity (Wildman–Crippen MR) is 109 cm³/mol. The summed E-state index contributed by atoms with van der Waals surface area (Å²) in [6.07, 6.45) is 2.37. The van der Waals surface area contributed by atoms with E-state index in [-0.39, 0.29) is 35.8 Å². The Morgan fingerprint density at radius 1 is 1.00 bits per heavy atom. The number of nitrogens with zero attached hydrogens (tertiary/aromatic N) is 1. The molecular formula is C16H32IN5O3. The topological polar surface area (TPSA) is 104 Å². The largest absolute Gasteiger partial charge is 0.444 e. The van der Waals surface area contributed by atoms with Gasteiger partial charge >= 0.3 is 6.09 Å². The number of alkyl carbamates (subject to hydrolysis) is 1. The van der Waals surface area contributed by atoms with E-state index in [1.165, 1.54) is 0 Å². The first kappa shape index (κ1) is 23.7. The van der Waals surface area contributed by atoms with Gasteiger partial charge in [0.05, 0.1) is 0 Å². The molecule has 0 aromatic rings. The van der Waals surface area contributed by atoms with Crippen LogP contribution in [-0.2, 0) is 9.53 Å². The van der Waals surface area contributed by atoms with Crippen LogP contribution in [-0.4, -0.2) is 56.8 Å². The van der Waals surface area contributed by atoms with Crippen LogP contribution in [0.25, 0.3) is 0 Å². The normalized spacial score (nSPS) is 14.2. The lowest BCUT2D eigenvalue weighted by Crippen LogP contribution is -2.42. The highest BCUT2D eigenvalue weighted by Crippen LogP contribution is 2.28. The Bertz CT molecular complexity index is 448. The molecule has 0 heterocycles. The molecule has 0 aliphatic heterocycles. The number of rotatable bonds is 8. The number of guanidine groups is 1. The molecular weight excluding hydrogens is 437 g/mol. The second-order valence-corrected chi connectivity index (χ2v) is 6.77. The fourth-order valence-electron chi connectivity index (χ4n) is 1.88. The number of ether oxygens (including phenoxy) is 1. The maximum Gasteiger partial charge on any atom is 0.407 e. The summed E-state index contributed by atoms with van der Waals surface area (Å²) in [6.45, 7) is 7.88. The molecule has 1 rings (SSSR count). The van der Waals surface area contributed by atoms with Gasteiger partial charge in [0, 0.05) is 39.1 Å². The summed E-state index contributed by atoms with van der Waals surface area (Å²) in [4.78, 5) is 27.0. The molecule has 1 aliphatic carbocycles. The molecule has 146 valence electrons. The number of hydrogen-bond donors (Lipinski definition) is 4. The highest BCUT2D eigenvalue weighted by molar-refractivity contribution is 14.0. The number of carbonyl (C=O) groups excluding carboxylic acids is 2. The quantitative estimate of drug-likeness (QED) is 0.185. The van der Waals surface area contributed by atoms with Gasteiger partial charge in [-0.15, -0.1) is 24.0 Å². The summed E-state index contributed by atoms with van der Waals surface area (Å²) in [6, 6.07) is 0. The summed E-state index contributed by atoms with van der Waals surface area (Å²) >= 11 is 0. The van der Waals surface area contributed by atoms with Crippen molar-refractivity contribution in [1.29, 1.82) is 0 Å². The Kier molecular flexibility index (Phi) is 11.5. The van der Waals surface area contributed by atoms with Gasteiger partial charge in [-0.3, -0.25) is 9.79 Å². The summed E-state index contributed by atoms with van der Waals surface area (Å²) in [5.41, 5.74) is -0.483. The zero-order chi connectivity index (χ0) is 18.0. The molecule has 1 fully saturated rings. The highest BCUT2D eigenvalue weighted by atomic mass is 127. The van der Waals surface area contributed by atoms with E-state index in [2.05, 4.69) is 26.3 Å². The van der Waals surface area contributed by atoms with Crippen molar-refractivity contribution in [3.8, 4) is 0 Å². The van der Waals surface area contributed by atoms with Gasteiger partial charge in [-0.25, -0.2) is 4.79 Å². The molecule has 0 radical (unpaired) electrons. The number of aliphatic imine (C=N–C) groups is 1. The average Bonchev–Trinajstić information content (AvgIpc) is 3.31. The van der Waals surface area contributed by atoms with Gasteiger partial charge < -0.3 is 26.0 Å². The van der Waals surface area contributed by atoms with E-state index < -0.39 is 11.7 Å². The lowest BCUT2D eigenvalue weighted by molar-refractivity contribution is -0.122. The van der Waals surface area contributed by atoms with E-state index in [0.29, 0.717) is 32.1 Å². The second-order valence-electron chi connectivity index (χ2n) is 6.77. The summed E-state index contributed by atoms with van der Waals surface area (Å²) in [5, 5.41) is 11.9. The minimum absolute atomic E-state index is 0. The van der Waals surface area contributed by atoms with Crippen LogP contribution < -0.4 is 21.3 Å². The van der Waals surface area contributed by atoms with Crippen LogP contribution in [0.5, 0.6) is 0 Å². The minimum atomic E-state index is -0.483. The molecule has 8 nitrogen and oxygen atoms in total. The van der Waals surface area contributed by atoms with Gasteiger partial charge in [-0.2, -0.15) is 0 Å². The van der Waals surface area contributed by atoms with Crippen LogP contribution in [0.4, 0.5) is 4.79 Å². The van der Waals surface area contributed by atoms with Crippen molar-refractivity contribution in [2.45, 2.75) is 45.6 Å². The minimum Gasteiger partial charge on any atom is -0.444 e. The van der Waals surface area contributed by atoms with Gasteiger partial charge in [0.15, 0.2) is 5.96 Å². The molecule has 0 aromatic heterocycles. The van der Waals surface area contributed by atoms with Gasteiger partial charge in [0.2, 0.25) is 5.91 Å². The molecule has 9 heteroatoms. The van der Waals surface area contributed by atoms with Crippen LogP contribution in [0, 0.1) is 5.92 Å². The zero-order valence-electron chi connectivity index (χ0n) is 15.6. The van der Waals surface area contributed by atoms with Crippen molar-refractivity contribution in [1.82, 2.24) is 21.3 Å². The first-order chi connectivity index (χ1) is 11.3. The predicted octanol–water partition coefficient (Wildman–Crippen LogP) is 1.21. The third kappa shape index (κ3) is 12.7. The van der Waals surface area contributed by atoms with Crippen molar-refractivity contribution >= 4 is 41.9 Å². The van der Waals surface area contributed by atoms with Crippen molar-refractivity contribution in [2.24, 2.45) is 10.9 Å². The summed E-state index contributed by atoms with van der Waals surface area (Å²) in [5.74, 6) is 1.06. The number of hydrogen-bond acceptors (Lipinski definition) is 4. The molecule has 0 aromatic carbocycles. The van der Waals surface area contributed by atoms with Crippen molar-refractivity contribution in [2.75, 3.05) is 33.2 Å². The van der Waals surface area contributed by atoms with E-state index in [1.807, 2.05) is 20.8 Å². The lowest BCUT2D eigenvalue weighted by atomic mass is 10.2. The molecule has 25 heavy (non-hydrogen) atoms. The number of carbonyl (C=O) groups is 2. The van der Waals surface area contributed by atoms with Gasteiger partial charge in [-0.1, -0.05) is 0 Å². The molecule has 0 saturated heterocycles. The third-order valence-electron chi connectivity index (χ3n) is 3.20. The Balaban J connectivity index is 0.00000576. The maximum absolute atomic E-state index is 11.5. The fourth-order valence-corrected chi connectivity index (χ4v) is 1.88. The average molecular weight is 469 g/mol. The van der Waals surface area contributed by atoms with Crippen LogP contribution in [0.3, 0.4) is 0 Å². The lowest BCUT2D eigenvalue weighted by Gasteiger charge is -2.19. The van der Waals surface area contributed by atoms with Crippen molar-refractivity contribution in [3.05, 3.63) is 0 Å². The molecule has 4 N–H and O–H groups in total. The van der Waals surface area contributed by atoms with Gasteiger partial charge in [-0.05, 0) is 40.0 Å². The van der Waals surface area contributed by atoms with Gasteiger partial charge in [0.25, 0.3) is 0 Å². The van der Waals surface area contributed by atoms with Crippen LogP contribution >= 0.6 is 24.0 Å². The Labute approximate surface area is 167 Å². The Morgan fingerprint density at radius 3 is 2.12 bits per heavy atom. The standard InChI is InChI=1S/C16H31N5O3.HI/c1-16(2,3)24-15(23)21-9-5-8-19-14(17-4)20-11-10-18-13(22)12-6-7-12;/h12H,5-11H2,1-4H3,(H,18,22)(H,21,23)(H2,17,19,20);1H. The molecule has 0 atom stereocenters. The molecule has 0 spiro atoms. The number of halogens is 1. The number of nitrogens with one attached hydrogen (secondary N) is 4. The first-order valence-electron chi connectivity index (χ1n) is 8.51. The summed E-state index contributed by atoms with van der Waals surface area (Å²) in [7, 11) is 1.69. The van der Waals surface area contributed by atoms with Crippen LogP contribution in [0.15, 0.2) is 4.99 Å². The van der Waals surface area contributed by atoms with Crippen LogP contribution in [0.1, 0.15) is 40.0 Å². The SMILES string of the molecule is CN=C(NCCCNC(=O)OC(C)(C)C)NCCNC(=O)C1CC1.I.